The normalized spacial score (nSPS) is 19.9. The van der Waals surface area contributed by atoms with Crippen LogP contribution in [0.5, 0.6) is 0 Å². The van der Waals surface area contributed by atoms with Crippen molar-refractivity contribution in [2.75, 3.05) is 38.0 Å². The van der Waals surface area contributed by atoms with Crippen molar-refractivity contribution in [3.05, 3.63) is 30.2 Å². The molecule has 264 valence electrons. The number of hydrogen-bond donors (Lipinski definition) is 1. The number of aromatic nitrogens is 5. The number of amides is 1. The SMILES string of the molecule is CCCCNc1ncc2c(-c3ccc(CN4CCN(C(=O)OC(C)(C)C)CC4)nn3)cn(C3CCC(O[Si](C)(C)C(C)(C)C)CC3)c2n1. The summed E-state index contributed by atoms with van der Waals surface area (Å²) in [6.07, 6.45) is 10.6. The van der Waals surface area contributed by atoms with E-state index in [-0.39, 0.29) is 11.1 Å². The predicted octanol–water partition coefficient (Wildman–Crippen LogP) is 7.66. The molecule has 0 spiro atoms. The van der Waals surface area contributed by atoms with E-state index in [9.17, 15) is 4.79 Å². The summed E-state index contributed by atoms with van der Waals surface area (Å²) in [4.78, 5) is 26.3. The van der Waals surface area contributed by atoms with Gasteiger partial charge in [0.15, 0.2) is 8.32 Å². The van der Waals surface area contributed by atoms with E-state index in [0.717, 1.165) is 86.1 Å². The number of hydrogen-bond acceptors (Lipinski definition) is 9. The molecule has 3 aromatic heterocycles. The molecular formula is C36H58N8O3Si. The van der Waals surface area contributed by atoms with Gasteiger partial charge in [0.25, 0.3) is 0 Å². The molecule has 2 fully saturated rings. The van der Waals surface area contributed by atoms with E-state index in [1.165, 1.54) is 0 Å². The fourth-order valence-electron chi connectivity index (χ4n) is 6.24. The molecule has 12 heteroatoms. The summed E-state index contributed by atoms with van der Waals surface area (Å²) in [6, 6.07) is 4.47. The predicted molar refractivity (Wildman–Crippen MR) is 195 cm³/mol. The molecule has 48 heavy (non-hydrogen) atoms. The maximum Gasteiger partial charge on any atom is 0.410 e. The Labute approximate surface area is 288 Å². The van der Waals surface area contributed by atoms with Crippen LogP contribution in [-0.2, 0) is 15.7 Å². The Morgan fingerprint density at radius 3 is 2.31 bits per heavy atom. The second kappa shape index (κ2) is 14.8. The molecule has 11 nitrogen and oxygen atoms in total. The van der Waals surface area contributed by atoms with Crippen molar-refractivity contribution in [3.8, 4) is 11.3 Å². The van der Waals surface area contributed by atoms with E-state index in [2.05, 4.69) is 84.0 Å². The highest BCUT2D eigenvalue weighted by Crippen LogP contribution is 2.41. The first kappa shape index (κ1) is 36.2. The fraction of sp³-hybridized carbons (Fsp3) is 0.694. The third-order valence-corrected chi connectivity index (χ3v) is 14.6. The minimum absolute atomic E-state index is 0.209. The van der Waals surface area contributed by atoms with E-state index in [4.69, 9.17) is 19.2 Å². The number of rotatable bonds is 10. The second-order valence-electron chi connectivity index (χ2n) is 16.1. The fourth-order valence-corrected chi connectivity index (χ4v) is 7.66. The van der Waals surface area contributed by atoms with Crippen LogP contribution in [0.4, 0.5) is 10.7 Å². The van der Waals surface area contributed by atoms with E-state index in [0.29, 0.717) is 37.7 Å². The van der Waals surface area contributed by atoms with Crippen molar-refractivity contribution < 1.29 is 14.0 Å². The maximum atomic E-state index is 12.5. The molecule has 3 aromatic rings. The van der Waals surface area contributed by atoms with E-state index >= 15 is 0 Å². The molecular weight excluding hydrogens is 621 g/mol. The van der Waals surface area contributed by atoms with Crippen molar-refractivity contribution in [3.63, 3.8) is 0 Å². The van der Waals surface area contributed by atoms with Crippen LogP contribution in [0.25, 0.3) is 22.3 Å². The van der Waals surface area contributed by atoms with Gasteiger partial charge in [-0.15, -0.1) is 0 Å². The number of ether oxygens (including phenoxy) is 1. The topological polar surface area (TPSA) is 111 Å². The quantitative estimate of drug-likeness (QED) is 0.171. The minimum atomic E-state index is -1.81. The van der Waals surface area contributed by atoms with Gasteiger partial charge in [0.2, 0.25) is 5.95 Å². The Bertz CT molecular complexity index is 1510. The molecule has 0 aromatic carbocycles. The van der Waals surface area contributed by atoms with Gasteiger partial charge in [0, 0.05) is 74.8 Å². The van der Waals surface area contributed by atoms with Gasteiger partial charge in [-0.2, -0.15) is 15.2 Å². The number of carbonyl (C=O) groups excluding carboxylic acids is 1. The molecule has 4 heterocycles. The third-order valence-electron chi connectivity index (χ3n) is 10.1. The van der Waals surface area contributed by atoms with Gasteiger partial charge in [0.05, 0.1) is 11.4 Å². The maximum absolute atomic E-state index is 12.5. The molecule has 2 aliphatic rings. The summed E-state index contributed by atoms with van der Waals surface area (Å²) >= 11 is 0. The summed E-state index contributed by atoms with van der Waals surface area (Å²) in [5, 5.41) is 14.0. The first-order chi connectivity index (χ1) is 22.6. The van der Waals surface area contributed by atoms with Gasteiger partial charge in [-0.05, 0) is 83.1 Å². The highest BCUT2D eigenvalue weighted by atomic mass is 28.4. The van der Waals surface area contributed by atoms with Crippen LogP contribution in [0.1, 0.15) is 98.7 Å². The summed E-state index contributed by atoms with van der Waals surface area (Å²) < 4.78 is 14.7. The van der Waals surface area contributed by atoms with E-state index in [1.54, 1.807) is 4.90 Å². The highest BCUT2D eigenvalue weighted by Gasteiger charge is 2.40. The lowest BCUT2D eigenvalue weighted by Crippen LogP contribution is -2.49. The molecule has 0 bridgehead atoms. The van der Waals surface area contributed by atoms with Gasteiger partial charge in [0.1, 0.15) is 11.2 Å². The molecule has 1 aliphatic heterocycles. The number of unbranched alkanes of at least 4 members (excludes halogenated alkanes) is 1. The van der Waals surface area contributed by atoms with Gasteiger partial charge in [-0.1, -0.05) is 34.1 Å². The largest absolute Gasteiger partial charge is 0.444 e. The zero-order valence-electron chi connectivity index (χ0n) is 30.8. The van der Waals surface area contributed by atoms with Crippen LogP contribution in [0.15, 0.2) is 24.5 Å². The Morgan fingerprint density at radius 1 is 1.00 bits per heavy atom. The van der Waals surface area contributed by atoms with Crippen LogP contribution >= 0.6 is 0 Å². The van der Waals surface area contributed by atoms with Crippen molar-refractivity contribution in [1.29, 1.82) is 0 Å². The third kappa shape index (κ3) is 8.92. The first-order valence-electron chi connectivity index (χ1n) is 18.0. The molecule has 0 unspecified atom stereocenters. The van der Waals surface area contributed by atoms with Crippen molar-refractivity contribution in [2.45, 2.75) is 129 Å². The molecule has 0 radical (unpaired) electrons. The van der Waals surface area contributed by atoms with Gasteiger partial charge in [-0.3, -0.25) is 4.90 Å². The monoisotopic (exact) mass is 678 g/mol. The summed E-state index contributed by atoms with van der Waals surface area (Å²) in [5.74, 6) is 0.671. The molecule has 5 rings (SSSR count). The number of fused-ring (bicyclic) bond motifs is 1. The number of anilines is 1. The van der Waals surface area contributed by atoms with Crippen LogP contribution in [0.2, 0.25) is 18.1 Å². The second-order valence-corrected chi connectivity index (χ2v) is 20.9. The lowest BCUT2D eigenvalue weighted by molar-refractivity contribution is 0.0138. The number of nitrogens with one attached hydrogen (secondary N) is 1. The van der Waals surface area contributed by atoms with Crippen LogP contribution in [0, 0.1) is 0 Å². The van der Waals surface area contributed by atoms with Crippen LogP contribution in [0.3, 0.4) is 0 Å². The minimum Gasteiger partial charge on any atom is -0.444 e. The van der Waals surface area contributed by atoms with Crippen LogP contribution in [-0.4, -0.2) is 93.4 Å². The smallest absolute Gasteiger partial charge is 0.410 e. The summed E-state index contributed by atoms with van der Waals surface area (Å²) in [6.45, 7) is 23.9. The molecule has 1 aliphatic carbocycles. The molecule has 1 saturated carbocycles. The van der Waals surface area contributed by atoms with Crippen molar-refractivity contribution in [2.24, 2.45) is 0 Å². The number of carbonyl (C=O) groups is 1. The van der Waals surface area contributed by atoms with Crippen molar-refractivity contribution >= 4 is 31.4 Å². The van der Waals surface area contributed by atoms with Crippen LogP contribution < -0.4 is 5.32 Å². The number of nitrogens with zero attached hydrogens (tertiary/aromatic N) is 7. The summed E-state index contributed by atoms with van der Waals surface area (Å²) in [5.41, 5.74) is 3.20. The van der Waals surface area contributed by atoms with E-state index < -0.39 is 13.9 Å². The van der Waals surface area contributed by atoms with Gasteiger partial charge in [-0.25, -0.2) is 9.78 Å². The Kier molecular flexibility index (Phi) is 11.2. The molecule has 1 N–H and O–H groups in total. The first-order valence-corrected chi connectivity index (χ1v) is 20.9. The summed E-state index contributed by atoms with van der Waals surface area (Å²) in [7, 11) is -1.81. The van der Waals surface area contributed by atoms with E-state index in [1.807, 2.05) is 27.0 Å². The standard InChI is InChI=1S/C36H58N8O3Si/c1-10-11-18-37-33-38-23-29-30(25-44(32(29)39-33)27-13-15-28(16-14-27)47-48(8,9)36(5,6)7)31-17-12-26(40-41-31)24-42-19-21-43(22-20-42)34(45)46-35(2,3)4/h12,17,23,25,27-28H,10-11,13-16,18-22,24H2,1-9H3,(H,37,38,39). The van der Waals surface area contributed by atoms with Gasteiger partial charge < -0.3 is 23.9 Å². The Hall–Kier alpha value is -3.09. The van der Waals surface area contributed by atoms with Crippen molar-refractivity contribution in [1.82, 2.24) is 34.5 Å². The molecule has 1 amide bonds. The lowest BCUT2D eigenvalue weighted by Gasteiger charge is -2.41. The highest BCUT2D eigenvalue weighted by molar-refractivity contribution is 6.74. The average Bonchev–Trinajstić information content (AvgIpc) is 3.40. The number of piperazine rings is 1. The molecule has 0 atom stereocenters. The molecule has 1 saturated heterocycles. The Morgan fingerprint density at radius 2 is 1.71 bits per heavy atom. The zero-order valence-corrected chi connectivity index (χ0v) is 31.8. The average molecular weight is 679 g/mol. The zero-order chi connectivity index (χ0) is 34.7. The van der Waals surface area contributed by atoms with Gasteiger partial charge >= 0.3 is 6.09 Å². The lowest BCUT2D eigenvalue weighted by atomic mass is 9.93. The Balaban J connectivity index is 1.29.